The first-order valence-electron chi connectivity index (χ1n) is 3.29. The van der Waals surface area contributed by atoms with Crippen molar-refractivity contribution in [3.8, 4) is 0 Å². The molecule has 1 saturated carbocycles. The monoisotopic (exact) mass is 210 g/mol. The lowest BCUT2D eigenvalue weighted by Crippen LogP contribution is -2.08. The molecule has 1 unspecified atom stereocenters. The van der Waals surface area contributed by atoms with E-state index >= 15 is 0 Å². The molecule has 58 valence electrons. The van der Waals surface area contributed by atoms with Crippen LogP contribution in [0.2, 0.25) is 0 Å². The lowest BCUT2D eigenvalue weighted by atomic mass is 10.1. The second-order valence-corrected chi connectivity index (χ2v) is 3.21. The van der Waals surface area contributed by atoms with Crippen molar-refractivity contribution >= 4 is 15.9 Å². The van der Waals surface area contributed by atoms with Crippen LogP contribution in [-0.4, -0.2) is 5.92 Å². The molecule has 1 rings (SSSR count). The first kappa shape index (κ1) is 8.18. The molecule has 1 aliphatic rings. The maximum atomic E-state index is 12.5. The molecule has 0 N–H and O–H groups in total. The van der Waals surface area contributed by atoms with E-state index in [-0.39, 0.29) is 18.8 Å². The first-order chi connectivity index (χ1) is 4.64. The quantitative estimate of drug-likeness (QED) is 0.623. The molecule has 0 nitrogen and oxygen atoms in total. The van der Waals surface area contributed by atoms with Gasteiger partial charge in [-0.2, -0.15) is 0 Å². The molecule has 1 atom stereocenters. The molecule has 0 aliphatic heterocycles. The average molecular weight is 211 g/mol. The van der Waals surface area contributed by atoms with Gasteiger partial charge in [0.2, 0.25) is 5.92 Å². The van der Waals surface area contributed by atoms with Crippen molar-refractivity contribution in [3.63, 3.8) is 0 Å². The van der Waals surface area contributed by atoms with Gasteiger partial charge in [0.1, 0.15) is 0 Å². The maximum Gasteiger partial charge on any atom is 0.248 e. The van der Waals surface area contributed by atoms with Crippen LogP contribution in [0.1, 0.15) is 19.3 Å². The SMILES string of the molecule is FC1(F)CCC(/C=C/Br)C1. The second kappa shape index (κ2) is 2.99. The Morgan fingerprint density at radius 1 is 1.50 bits per heavy atom. The zero-order chi connectivity index (χ0) is 7.61. The highest BCUT2D eigenvalue weighted by Crippen LogP contribution is 2.39. The van der Waals surface area contributed by atoms with Gasteiger partial charge in [0.05, 0.1) is 0 Å². The normalized spacial score (nSPS) is 31.7. The highest BCUT2D eigenvalue weighted by molar-refractivity contribution is 9.11. The Labute approximate surface area is 67.4 Å². The third-order valence-electron chi connectivity index (χ3n) is 1.79. The van der Waals surface area contributed by atoms with E-state index in [9.17, 15) is 8.78 Å². The van der Waals surface area contributed by atoms with Crippen LogP contribution in [0.4, 0.5) is 8.78 Å². The molecule has 0 aromatic heterocycles. The van der Waals surface area contributed by atoms with E-state index in [0.717, 1.165) is 0 Å². The van der Waals surface area contributed by atoms with Crippen molar-refractivity contribution in [2.24, 2.45) is 5.92 Å². The van der Waals surface area contributed by atoms with E-state index in [1.807, 2.05) is 0 Å². The zero-order valence-corrected chi connectivity index (χ0v) is 7.07. The third kappa shape index (κ3) is 2.04. The smallest absolute Gasteiger partial charge is 0.207 e. The Balaban J connectivity index is 2.43. The van der Waals surface area contributed by atoms with Crippen molar-refractivity contribution in [1.82, 2.24) is 0 Å². The van der Waals surface area contributed by atoms with Crippen LogP contribution < -0.4 is 0 Å². The minimum Gasteiger partial charge on any atom is -0.207 e. The van der Waals surface area contributed by atoms with Gasteiger partial charge in [-0.05, 0) is 17.3 Å². The van der Waals surface area contributed by atoms with Crippen LogP contribution in [0.25, 0.3) is 0 Å². The van der Waals surface area contributed by atoms with Gasteiger partial charge in [-0.3, -0.25) is 0 Å². The maximum absolute atomic E-state index is 12.5. The molecule has 0 spiro atoms. The van der Waals surface area contributed by atoms with Crippen molar-refractivity contribution in [1.29, 1.82) is 0 Å². The number of alkyl halides is 2. The van der Waals surface area contributed by atoms with Crippen molar-refractivity contribution in [2.45, 2.75) is 25.2 Å². The molecule has 0 aromatic carbocycles. The van der Waals surface area contributed by atoms with Crippen LogP contribution in [0, 0.1) is 5.92 Å². The molecule has 0 amide bonds. The molecule has 0 radical (unpaired) electrons. The minimum atomic E-state index is -2.41. The fourth-order valence-electron chi connectivity index (χ4n) is 1.25. The molecule has 0 saturated heterocycles. The van der Waals surface area contributed by atoms with Gasteiger partial charge in [0, 0.05) is 12.8 Å². The number of hydrogen-bond donors (Lipinski definition) is 0. The first-order valence-corrected chi connectivity index (χ1v) is 4.20. The summed E-state index contributed by atoms with van der Waals surface area (Å²) in [7, 11) is 0. The fourth-order valence-corrected chi connectivity index (χ4v) is 1.68. The van der Waals surface area contributed by atoms with E-state index in [1.165, 1.54) is 0 Å². The summed E-state index contributed by atoms with van der Waals surface area (Å²) in [5, 5.41) is 0. The number of halogens is 3. The lowest BCUT2D eigenvalue weighted by molar-refractivity contribution is 0.00678. The van der Waals surface area contributed by atoms with E-state index < -0.39 is 5.92 Å². The van der Waals surface area contributed by atoms with Gasteiger partial charge in [0.15, 0.2) is 0 Å². The molecule has 0 aromatic rings. The van der Waals surface area contributed by atoms with E-state index in [4.69, 9.17) is 0 Å². The highest BCUT2D eigenvalue weighted by atomic mass is 79.9. The molecular weight excluding hydrogens is 202 g/mol. The van der Waals surface area contributed by atoms with Crippen LogP contribution in [0.5, 0.6) is 0 Å². The Hall–Kier alpha value is 0.0800. The van der Waals surface area contributed by atoms with E-state index in [2.05, 4.69) is 15.9 Å². The van der Waals surface area contributed by atoms with Crippen molar-refractivity contribution < 1.29 is 8.78 Å². The summed E-state index contributed by atoms with van der Waals surface area (Å²) >= 11 is 3.07. The lowest BCUT2D eigenvalue weighted by Gasteiger charge is -2.05. The molecular formula is C7H9BrF2. The van der Waals surface area contributed by atoms with Gasteiger partial charge in [0.25, 0.3) is 0 Å². The standard InChI is InChI=1S/C7H9BrF2/c8-4-2-6-1-3-7(9,10)5-6/h2,4,6H,1,3,5H2/b4-2+. The Kier molecular flexibility index (Phi) is 2.45. The summed E-state index contributed by atoms with van der Waals surface area (Å²) in [5.74, 6) is -2.33. The zero-order valence-electron chi connectivity index (χ0n) is 5.49. The van der Waals surface area contributed by atoms with Crippen molar-refractivity contribution in [2.75, 3.05) is 0 Å². The summed E-state index contributed by atoms with van der Waals surface area (Å²) in [5.41, 5.74) is 0. The largest absolute Gasteiger partial charge is 0.248 e. The van der Waals surface area contributed by atoms with Gasteiger partial charge in [-0.15, -0.1) is 0 Å². The molecule has 3 heteroatoms. The molecule has 0 heterocycles. The fraction of sp³-hybridized carbons (Fsp3) is 0.714. The van der Waals surface area contributed by atoms with Gasteiger partial charge < -0.3 is 0 Å². The van der Waals surface area contributed by atoms with Crippen LogP contribution >= 0.6 is 15.9 Å². The van der Waals surface area contributed by atoms with Gasteiger partial charge in [-0.1, -0.05) is 22.0 Å². The predicted molar refractivity (Wildman–Crippen MR) is 40.4 cm³/mol. The Morgan fingerprint density at radius 3 is 2.60 bits per heavy atom. The third-order valence-corrected chi connectivity index (χ3v) is 2.09. The second-order valence-electron chi connectivity index (χ2n) is 2.68. The number of hydrogen-bond acceptors (Lipinski definition) is 0. The average Bonchev–Trinajstić information content (AvgIpc) is 2.12. The summed E-state index contributed by atoms with van der Waals surface area (Å²) in [4.78, 5) is 1.67. The van der Waals surface area contributed by atoms with Crippen molar-refractivity contribution in [3.05, 3.63) is 11.1 Å². The van der Waals surface area contributed by atoms with Crippen LogP contribution in [-0.2, 0) is 0 Å². The number of allylic oxidation sites excluding steroid dienone is 1. The molecule has 10 heavy (non-hydrogen) atoms. The van der Waals surface area contributed by atoms with Gasteiger partial charge >= 0.3 is 0 Å². The van der Waals surface area contributed by atoms with E-state index in [0.29, 0.717) is 6.42 Å². The summed E-state index contributed by atoms with van der Waals surface area (Å²) in [6.07, 6.45) is 2.49. The topological polar surface area (TPSA) is 0 Å². The minimum absolute atomic E-state index is 0.0229. The molecule has 1 aliphatic carbocycles. The Bertz CT molecular complexity index is 143. The van der Waals surface area contributed by atoms with Crippen LogP contribution in [0.15, 0.2) is 11.1 Å². The molecule has 0 bridgehead atoms. The van der Waals surface area contributed by atoms with Gasteiger partial charge in [-0.25, -0.2) is 8.78 Å². The summed E-state index contributed by atoms with van der Waals surface area (Å²) in [6.45, 7) is 0. The molecule has 1 fully saturated rings. The predicted octanol–water partition coefficient (Wildman–Crippen LogP) is 3.33. The number of rotatable bonds is 1. The van der Waals surface area contributed by atoms with Crippen LogP contribution in [0.3, 0.4) is 0 Å². The summed E-state index contributed by atoms with van der Waals surface area (Å²) < 4.78 is 24.9. The Morgan fingerprint density at radius 2 is 2.20 bits per heavy atom. The van der Waals surface area contributed by atoms with E-state index in [1.54, 1.807) is 11.1 Å². The summed E-state index contributed by atoms with van der Waals surface area (Å²) in [6, 6.07) is 0. The highest BCUT2D eigenvalue weighted by Gasteiger charge is 2.37.